The van der Waals surface area contributed by atoms with Gasteiger partial charge in [-0.15, -0.1) is 0 Å². The molecule has 0 aliphatic rings. The van der Waals surface area contributed by atoms with Crippen LogP contribution in [0.15, 0.2) is 85.1 Å². The Hall–Kier alpha value is -3.41. The first-order chi connectivity index (χ1) is 36.5. The van der Waals surface area contributed by atoms with Gasteiger partial charge in [-0.3, -0.25) is 14.4 Å². The van der Waals surface area contributed by atoms with Gasteiger partial charge >= 0.3 is 17.9 Å². The lowest BCUT2D eigenvalue weighted by atomic mass is 10.0. The Morgan fingerprint density at radius 2 is 0.527 bits per heavy atom. The van der Waals surface area contributed by atoms with Gasteiger partial charge in [0.1, 0.15) is 13.2 Å². The smallest absolute Gasteiger partial charge is 0.306 e. The maximum absolute atomic E-state index is 12.9. The average molecular weight is 1030 g/mol. The van der Waals surface area contributed by atoms with Gasteiger partial charge in [0.05, 0.1) is 0 Å². The van der Waals surface area contributed by atoms with E-state index in [0.717, 1.165) is 116 Å². The summed E-state index contributed by atoms with van der Waals surface area (Å²) in [6, 6.07) is 0. The van der Waals surface area contributed by atoms with Crippen LogP contribution < -0.4 is 0 Å². The van der Waals surface area contributed by atoms with Crippen LogP contribution in [0.25, 0.3) is 0 Å². The van der Waals surface area contributed by atoms with Gasteiger partial charge in [-0.05, 0) is 116 Å². The van der Waals surface area contributed by atoms with E-state index in [9.17, 15) is 14.4 Å². The number of carbonyl (C=O) groups excluding carboxylic acids is 3. The van der Waals surface area contributed by atoms with Gasteiger partial charge in [-0.25, -0.2) is 0 Å². The summed E-state index contributed by atoms with van der Waals surface area (Å²) in [5.41, 5.74) is 0. The van der Waals surface area contributed by atoms with Crippen molar-refractivity contribution in [3.63, 3.8) is 0 Å². The predicted molar refractivity (Wildman–Crippen MR) is 321 cm³/mol. The lowest BCUT2D eigenvalue weighted by molar-refractivity contribution is -0.167. The van der Waals surface area contributed by atoms with E-state index < -0.39 is 6.10 Å². The molecule has 6 heteroatoms. The summed E-state index contributed by atoms with van der Waals surface area (Å²) in [7, 11) is 0. The lowest BCUT2D eigenvalue weighted by Gasteiger charge is -2.18. The molecular weight excluding hydrogens is 913 g/mol. The molecule has 0 bridgehead atoms. The summed E-state index contributed by atoms with van der Waals surface area (Å²) in [6.45, 7) is 6.51. The second kappa shape index (κ2) is 62.1. The van der Waals surface area contributed by atoms with E-state index in [1.807, 2.05) is 0 Å². The normalized spacial score (nSPS) is 12.6. The highest BCUT2D eigenvalue weighted by Crippen LogP contribution is 2.16. The molecule has 0 aromatic rings. The van der Waals surface area contributed by atoms with Crippen LogP contribution >= 0.6 is 0 Å². The van der Waals surface area contributed by atoms with E-state index in [1.165, 1.54) is 154 Å². The van der Waals surface area contributed by atoms with Gasteiger partial charge < -0.3 is 14.2 Å². The Labute approximate surface area is 458 Å². The van der Waals surface area contributed by atoms with Crippen LogP contribution in [0.4, 0.5) is 0 Å². The number of unbranched alkanes of at least 4 members (excludes halogenated alkanes) is 32. The molecular formula is C68H118O6. The predicted octanol–water partition coefficient (Wildman–Crippen LogP) is 21.5. The third-order valence-corrected chi connectivity index (χ3v) is 13.6. The molecule has 0 radical (unpaired) electrons. The van der Waals surface area contributed by atoms with Crippen molar-refractivity contribution < 1.29 is 28.6 Å². The van der Waals surface area contributed by atoms with E-state index in [4.69, 9.17) is 14.2 Å². The summed E-state index contributed by atoms with van der Waals surface area (Å²) in [5.74, 6) is -0.897. The molecule has 0 fully saturated rings. The third kappa shape index (κ3) is 59.5. The van der Waals surface area contributed by atoms with Crippen LogP contribution in [-0.4, -0.2) is 37.2 Å². The van der Waals surface area contributed by atoms with Crippen LogP contribution in [0.5, 0.6) is 0 Å². The largest absolute Gasteiger partial charge is 0.462 e. The molecule has 1 atom stereocenters. The van der Waals surface area contributed by atoms with Crippen molar-refractivity contribution in [1.29, 1.82) is 0 Å². The molecule has 74 heavy (non-hydrogen) atoms. The summed E-state index contributed by atoms with van der Waals surface area (Å²) >= 11 is 0. The van der Waals surface area contributed by atoms with Gasteiger partial charge in [-0.1, -0.05) is 260 Å². The van der Waals surface area contributed by atoms with E-state index in [-0.39, 0.29) is 31.1 Å². The number of hydrogen-bond acceptors (Lipinski definition) is 6. The minimum absolute atomic E-state index is 0.0840. The summed E-state index contributed by atoms with van der Waals surface area (Å²) < 4.78 is 16.9. The highest BCUT2D eigenvalue weighted by molar-refractivity contribution is 5.71. The van der Waals surface area contributed by atoms with Crippen molar-refractivity contribution in [2.75, 3.05) is 13.2 Å². The second-order valence-corrected chi connectivity index (χ2v) is 20.9. The zero-order valence-electron chi connectivity index (χ0n) is 48.8. The van der Waals surface area contributed by atoms with E-state index >= 15 is 0 Å². The fraction of sp³-hybridized carbons (Fsp3) is 0.750. The van der Waals surface area contributed by atoms with Crippen LogP contribution in [0.3, 0.4) is 0 Å². The van der Waals surface area contributed by atoms with E-state index in [2.05, 4.69) is 106 Å². The Bertz CT molecular complexity index is 1420. The van der Waals surface area contributed by atoms with Gasteiger partial charge in [0.25, 0.3) is 0 Å². The quantitative estimate of drug-likeness (QED) is 0.0261. The lowest BCUT2D eigenvalue weighted by Crippen LogP contribution is -2.30. The highest BCUT2D eigenvalue weighted by Gasteiger charge is 2.19. The van der Waals surface area contributed by atoms with Gasteiger partial charge in [0, 0.05) is 19.3 Å². The Morgan fingerprint density at radius 1 is 0.284 bits per heavy atom. The Balaban J connectivity index is 4.33. The maximum Gasteiger partial charge on any atom is 0.306 e. The van der Waals surface area contributed by atoms with Gasteiger partial charge in [0.15, 0.2) is 6.10 Å². The summed E-state index contributed by atoms with van der Waals surface area (Å²) in [5, 5.41) is 0. The number of rotatable bonds is 57. The Morgan fingerprint density at radius 3 is 0.865 bits per heavy atom. The van der Waals surface area contributed by atoms with Crippen molar-refractivity contribution in [3.05, 3.63) is 85.1 Å². The zero-order chi connectivity index (χ0) is 53.6. The molecule has 0 rings (SSSR count). The molecule has 0 amide bonds. The fourth-order valence-corrected chi connectivity index (χ4v) is 8.87. The standard InChI is InChI=1S/C68H118O6/c1-4-7-10-13-16-19-22-25-28-30-31-32-33-34-35-36-37-38-41-43-46-49-52-55-58-61-67(70)73-64-65(63-72-66(69)60-57-54-51-48-45-42-39-27-24-21-18-15-12-9-6-3)74-68(71)62-59-56-53-50-47-44-40-29-26-23-20-17-14-11-8-5-2/h7,10,16,18-19,21,25,27-29,31-32,39-40,65H,4-6,8-9,11-15,17,20,22-24,26,30,33-38,41-64H2,1-3H3/b10-7-,19-16-,21-18-,28-25-,32-31-,39-27-,40-29-. The van der Waals surface area contributed by atoms with Crippen LogP contribution in [0, 0.1) is 0 Å². The first kappa shape index (κ1) is 70.6. The minimum atomic E-state index is -0.788. The average Bonchev–Trinajstić information content (AvgIpc) is 3.40. The SMILES string of the molecule is CC/C=C\C/C=C\C/C=C\C/C=C\CCCCCCCCCCCCCCC(=O)OCC(COC(=O)CCCCCCC/C=C\C/C=C\CCCCC)OC(=O)CCCCCCC/C=C\CCCCCCCCC. The molecule has 0 aliphatic heterocycles. The monoisotopic (exact) mass is 1030 g/mol. The molecule has 0 aromatic heterocycles. The molecule has 1 unspecified atom stereocenters. The van der Waals surface area contributed by atoms with Crippen LogP contribution in [0.2, 0.25) is 0 Å². The van der Waals surface area contributed by atoms with Crippen LogP contribution in [-0.2, 0) is 28.6 Å². The van der Waals surface area contributed by atoms with Gasteiger partial charge in [-0.2, -0.15) is 0 Å². The second-order valence-electron chi connectivity index (χ2n) is 20.9. The number of ether oxygens (including phenoxy) is 3. The first-order valence-corrected chi connectivity index (χ1v) is 31.6. The Kier molecular flexibility index (Phi) is 59.3. The molecule has 0 saturated carbocycles. The fourth-order valence-electron chi connectivity index (χ4n) is 8.87. The number of allylic oxidation sites excluding steroid dienone is 14. The van der Waals surface area contributed by atoms with E-state index in [0.29, 0.717) is 19.3 Å². The van der Waals surface area contributed by atoms with Crippen molar-refractivity contribution >= 4 is 17.9 Å². The molecule has 0 saturated heterocycles. The van der Waals surface area contributed by atoms with Gasteiger partial charge in [0.2, 0.25) is 0 Å². The summed E-state index contributed by atoms with van der Waals surface area (Å²) in [4.78, 5) is 38.3. The number of esters is 3. The molecule has 0 aliphatic carbocycles. The third-order valence-electron chi connectivity index (χ3n) is 13.6. The van der Waals surface area contributed by atoms with Crippen molar-refractivity contribution in [3.8, 4) is 0 Å². The number of carbonyl (C=O) groups is 3. The van der Waals surface area contributed by atoms with Crippen molar-refractivity contribution in [2.24, 2.45) is 0 Å². The minimum Gasteiger partial charge on any atom is -0.462 e. The summed E-state index contributed by atoms with van der Waals surface area (Å²) in [6.07, 6.45) is 81.5. The maximum atomic E-state index is 12.9. The molecule has 0 N–H and O–H groups in total. The van der Waals surface area contributed by atoms with E-state index in [1.54, 1.807) is 0 Å². The molecule has 0 aromatic carbocycles. The highest BCUT2D eigenvalue weighted by atomic mass is 16.6. The zero-order valence-corrected chi connectivity index (χ0v) is 48.8. The van der Waals surface area contributed by atoms with Crippen molar-refractivity contribution in [2.45, 2.75) is 316 Å². The number of hydrogen-bond donors (Lipinski definition) is 0. The molecule has 0 heterocycles. The molecule has 6 nitrogen and oxygen atoms in total. The molecule has 0 spiro atoms. The van der Waals surface area contributed by atoms with Crippen molar-refractivity contribution in [1.82, 2.24) is 0 Å². The molecule has 426 valence electrons. The van der Waals surface area contributed by atoms with Crippen LogP contribution in [0.1, 0.15) is 310 Å². The topological polar surface area (TPSA) is 78.9 Å². The first-order valence-electron chi connectivity index (χ1n) is 31.6.